The van der Waals surface area contributed by atoms with Crippen molar-refractivity contribution >= 4 is 26.7 Å². The molecule has 1 heterocycles. The van der Waals surface area contributed by atoms with Crippen molar-refractivity contribution in [1.82, 2.24) is 9.97 Å². The van der Waals surface area contributed by atoms with Gasteiger partial charge in [0.2, 0.25) is 0 Å². The van der Waals surface area contributed by atoms with Gasteiger partial charge in [0, 0.05) is 0 Å². The summed E-state index contributed by atoms with van der Waals surface area (Å²) < 4.78 is 27.2. The molecule has 2 N–H and O–H groups in total. The number of aryl methyl sites for hydroxylation is 2. The van der Waals surface area contributed by atoms with Gasteiger partial charge in [0.15, 0.2) is 0 Å². The van der Waals surface area contributed by atoms with E-state index in [1.165, 1.54) is 0 Å². The predicted molar refractivity (Wildman–Crippen MR) is 82.8 cm³/mol. The highest BCUT2D eigenvalue weighted by molar-refractivity contribution is 7.92. The predicted octanol–water partition coefficient (Wildman–Crippen LogP) is 2.98. The second-order valence-electron chi connectivity index (χ2n) is 4.97. The van der Waals surface area contributed by atoms with E-state index in [-0.39, 0.29) is 4.90 Å². The maximum atomic E-state index is 12.3. The van der Waals surface area contributed by atoms with Crippen LogP contribution in [0.3, 0.4) is 0 Å². The van der Waals surface area contributed by atoms with Crippen LogP contribution in [0.25, 0.3) is 11.0 Å². The van der Waals surface area contributed by atoms with Crippen molar-refractivity contribution in [2.24, 2.45) is 0 Å². The normalized spacial score (nSPS) is 11.7. The molecule has 3 rings (SSSR count). The van der Waals surface area contributed by atoms with E-state index in [0.717, 1.165) is 22.4 Å². The molecule has 3 aromatic rings. The topological polar surface area (TPSA) is 74.8 Å². The Kier molecular flexibility index (Phi) is 3.17. The number of aromatic nitrogens is 2. The first-order chi connectivity index (χ1) is 9.94. The average molecular weight is 301 g/mol. The number of H-pyrrole nitrogens is 1. The summed E-state index contributed by atoms with van der Waals surface area (Å²) >= 11 is 0. The number of aromatic amines is 1. The molecule has 21 heavy (non-hydrogen) atoms. The first-order valence-electron chi connectivity index (χ1n) is 6.50. The van der Waals surface area contributed by atoms with Crippen LogP contribution in [0.1, 0.15) is 11.4 Å². The fourth-order valence-electron chi connectivity index (χ4n) is 2.13. The SMILES string of the molecule is Cc1ccc(S(=O)(=O)Nc2ccc3nc(C)[nH]c3c2)cc1. The zero-order valence-corrected chi connectivity index (χ0v) is 12.5. The number of sulfonamides is 1. The summed E-state index contributed by atoms with van der Waals surface area (Å²) in [5.74, 6) is 0.795. The van der Waals surface area contributed by atoms with Gasteiger partial charge in [-0.05, 0) is 44.2 Å². The van der Waals surface area contributed by atoms with Crippen LogP contribution < -0.4 is 4.72 Å². The van der Waals surface area contributed by atoms with Gasteiger partial charge < -0.3 is 4.98 Å². The van der Waals surface area contributed by atoms with Crippen molar-refractivity contribution in [1.29, 1.82) is 0 Å². The third-order valence-electron chi connectivity index (χ3n) is 3.18. The molecule has 0 aliphatic heterocycles. The molecule has 5 nitrogen and oxygen atoms in total. The molecule has 0 aliphatic carbocycles. The minimum Gasteiger partial charge on any atom is -0.342 e. The van der Waals surface area contributed by atoms with E-state index in [0.29, 0.717) is 5.69 Å². The average Bonchev–Trinajstić information content (AvgIpc) is 2.78. The quantitative estimate of drug-likeness (QED) is 0.781. The van der Waals surface area contributed by atoms with Gasteiger partial charge in [0.1, 0.15) is 5.82 Å². The summed E-state index contributed by atoms with van der Waals surface area (Å²) in [7, 11) is -3.58. The number of anilines is 1. The molecule has 6 heteroatoms. The van der Waals surface area contributed by atoms with E-state index in [9.17, 15) is 8.42 Å². The van der Waals surface area contributed by atoms with Gasteiger partial charge in [-0.3, -0.25) is 4.72 Å². The van der Waals surface area contributed by atoms with Crippen molar-refractivity contribution in [3.8, 4) is 0 Å². The van der Waals surface area contributed by atoms with Gasteiger partial charge in [-0.2, -0.15) is 0 Å². The number of fused-ring (bicyclic) bond motifs is 1. The van der Waals surface area contributed by atoms with E-state index in [4.69, 9.17) is 0 Å². The molecular formula is C15H15N3O2S. The smallest absolute Gasteiger partial charge is 0.261 e. The Balaban J connectivity index is 1.94. The molecule has 0 spiro atoms. The molecule has 0 bridgehead atoms. The van der Waals surface area contributed by atoms with E-state index >= 15 is 0 Å². The Morgan fingerprint density at radius 2 is 1.76 bits per heavy atom. The Morgan fingerprint density at radius 1 is 1.05 bits per heavy atom. The first-order valence-corrected chi connectivity index (χ1v) is 7.98. The van der Waals surface area contributed by atoms with Crippen molar-refractivity contribution < 1.29 is 8.42 Å². The number of hydrogen-bond donors (Lipinski definition) is 2. The van der Waals surface area contributed by atoms with Crippen molar-refractivity contribution in [2.75, 3.05) is 4.72 Å². The highest BCUT2D eigenvalue weighted by atomic mass is 32.2. The number of benzene rings is 2. The molecule has 0 saturated carbocycles. The number of hydrogen-bond acceptors (Lipinski definition) is 3. The van der Waals surface area contributed by atoms with Crippen LogP contribution in [0, 0.1) is 13.8 Å². The highest BCUT2D eigenvalue weighted by Gasteiger charge is 2.14. The number of rotatable bonds is 3. The molecule has 108 valence electrons. The molecule has 0 amide bonds. The lowest BCUT2D eigenvalue weighted by atomic mass is 10.2. The van der Waals surface area contributed by atoms with E-state index in [2.05, 4.69) is 14.7 Å². The number of nitrogens with one attached hydrogen (secondary N) is 2. The van der Waals surface area contributed by atoms with Gasteiger partial charge in [-0.15, -0.1) is 0 Å². The third kappa shape index (κ3) is 2.75. The molecule has 0 aliphatic rings. The lowest BCUT2D eigenvalue weighted by Crippen LogP contribution is -2.12. The minimum atomic E-state index is -3.58. The Labute approximate surface area is 123 Å². The Bertz CT molecular complexity index is 896. The van der Waals surface area contributed by atoms with Crippen LogP contribution >= 0.6 is 0 Å². The molecule has 1 aromatic heterocycles. The summed E-state index contributed by atoms with van der Waals surface area (Å²) in [6, 6.07) is 12.0. The zero-order chi connectivity index (χ0) is 15.0. The second kappa shape index (κ2) is 4.89. The molecule has 2 aromatic carbocycles. The monoisotopic (exact) mass is 301 g/mol. The number of imidazole rings is 1. The van der Waals surface area contributed by atoms with Crippen LogP contribution in [0.5, 0.6) is 0 Å². The molecule has 0 saturated heterocycles. The summed E-state index contributed by atoms with van der Waals surface area (Å²) in [5, 5.41) is 0. The number of nitrogens with zero attached hydrogens (tertiary/aromatic N) is 1. The van der Waals surface area contributed by atoms with Crippen LogP contribution in [0.15, 0.2) is 47.4 Å². The van der Waals surface area contributed by atoms with Crippen molar-refractivity contribution in [3.63, 3.8) is 0 Å². The van der Waals surface area contributed by atoms with Gasteiger partial charge >= 0.3 is 0 Å². The van der Waals surface area contributed by atoms with Crippen molar-refractivity contribution in [3.05, 3.63) is 53.9 Å². The van der Waals surface area contributed by atoms with Crippen molar-refractivity contribution in [2.45, 2.75) is 18.7 Å². The van der Waals surface area contributed by atoms with Gasteiger partial charge in [0.05, 0.1) is 21.6 Å². The molecule has 0 unspecified atom stereocenters. The minimum absolute atomic E-state index is 0.244. The van der Waals surface area contributed by atoms with E-state index in [1.54, 1.807) is 42.5 Å². The highest BCUT2D eigenvalue weighted by Crippen LogP contribution is 2.20. The standard InChI is InChI=1S/C15H15N3O2S/c1-10-3-6-13(7-4-10)21(19,20)18-12-5-8-14-15(9-12)17-11(2)16-14/h3-9,18H,1-2H3,(H,16,17). The van der Waals surface area contributed by atoms with E-state index < -0.39 is 10.0 Å². The summed E-state index contributed by atoms with van der Waals surface area (Å²) in [4.78, 5) is 7.62. The lowest BCUT2D eigenvalue weighted by Gasteiger charge is -2.08. The van der Waals surface area contributed by atoms with E-state index in [1.807, 2.05) is 13.8 Å². The van der Waals surface area contributed by atoms with Gasteiger partial charge in [-0.25, -0.2) is 13.4 Å². The Morgan fingerprint density at radius 3 is 2.48 bits per heavy atom. The molecular weight excluding hydrogens is 286 g/mol. The van der Waals surface area contributed by atoms with Crippen LogP contribution in [0.4, 0.5) is 5.69 Å². The Hall–Kier alpha value is -2.34. The summed E-state index contributed by atoms with van der Waals surface area (Å²) in [6.45, 7) is 3.77. The van der Waals surface area contributed by atoms with Crippen LogP contribution in [-0.2, 0) is 10.0 Å². The van der Waals surface area contributed by atoms with Crippen LogP contribution in [-0.4, -0.2) is 18.4 Å². The maximum Gasteiger partial charge on any atom is 0.261 e. The molecule has 0 radical (unpaired) electrons. The molecule has 0 fully saturated rings. The third-order valence-corrected chi connectivity index (χ3v) is 4.58. The second-order valence-corrected chi connectivity index (χ2v) is 6.66. The lowest BCUT2D eigenvalue weighted by molar-refractivity contribution is 0.601. The van der Waals surface area contributed by atoms with Crippen LogP contribution in [0.2, 0.25) is 0 Å². The first kappa shape index (κ1) is 13.6. The summed E-state index contributed by atoms with van der Waals surface area (Å²) in [5.41, 5.74) is 3.14. The zero-order valence-electron chi connectivity index (χ0n) is 11.7. The maximum absolute atomic E-state index is 12.3. The fourth-order valence-corrected chi connectivity index (χ4v) is 3.18. The summed E-state index contributed by atoms with van der Waals surface area (Å²) in [6.07, 6.45) is 0. The molecule has 0 atom stereocenters. The van der Waals surface area contributed by atoms with Gasteiger partial charge in [-0.1, -0.05) is 17.7 Å². The fraction of sp³-hybridized carbons (Fsp3) is 0.133. The largest absolute Gasteiger partial charge is 0.342 e. The van der Waals surface area contributed by atoms with Gasteiger partial charge in [0.25, 0.3) is 10.0 Å².